The summed E-state index contributed by atoms with van der Waals surface area (Å²) in [7, 11) is 0. The normalized spacial score (nSPS) is 11.9. The van der Waals surface area contributed by atoms with Gasteiger partial charge in [0.05, 0.1) is 0 Å². The summed E-state index contributed by atoms with van der Waals surface area (Å²) in [5.74, 6) is -3.50. The van der Waals surface area contributed by atoms with E-state index in [2.05, 4.69) is 4.98 Å². The smallest absolute Gasteiger partial charge is 0.188 e. The fourth-order valence-electron chi connectivity index (χ4n) is 0.736. The van der Waals surface area contributed by atoms with Gasteiger partial charge in [-0.05, 0) is 0 Å². The maximum atomic E-state index is 12.5. The maximum absolute atomic E-state index is 12.5. The van der Waals surface area contributed by atoms with E-state index in [9.17, 15) is 22.0 Å². The topological polar surface area (TPSA) is 12.9 Å². The van der Waals surface area contributed by atoms with E-state index >= 15 is 0 Å². The van der Waals surface area contributed by atoms with Gasteiger partial charge in [-0.1, -0.05) is 23.2 Å². The summed E-state index contributed by atoms with van der Waals surface area (Å²) in [6.45, 7) is 0. The molecule has 0 saturated heterocycles. The minimum atomic E-state index is -5.03. The van der Waals surface area contributed by atoms with Gasteiger partial charge in [0.15, 0.2) is 0 Å². The van der Waals surface area contributed by atoms with Gasteiger partial charge in [0.1, 0.15) is 15.6 Å². The Labute approximate surface area is 84.5 Å². The molecular formula is C6Cl2F5N. The molecule has 0 atom stereocenters. The van der Waals surface area contributed by atoms with Crippen LogP contribution in [0.4, 0.5) is 22.0 Å². The first-order valence-corrected chi connectivity index (χ1v) is 3.78. The van der Waals surface area contributed by atoms with Crippen LogP contribution in [-0.2, 0) is 6.18 Å². The van der Waals surface area contributed by atoms with Crippen LogP contribution in [0.25, 0.3) is 0 Å². The Morgan fingerprint density at radius 2 is 1.29 bits per heavy atom. The van der Waals surface area contributed by atoms with Crippen molar-refractivity contribution in [2.45, 2.75) is 6.18 Å². The van der Waals surface area contributed by atoms with Gasteiger partial charge in [0.25, 0.3) is 0 Å². The summed E-state index contributed by atoms with van der Waals surface area (Å²) >= 11 is 9.89. The van der Waals surface area contributed by atoms with Crippen LogP contribution in [0.3, 0.4) is 0 Å². The largest absolute Gasteiger partial charge is 0.419 e. The average Bonchev–Trinajstić information content (AvgIpc) is 1.98. The molecule has 78 valence electrons. The summed E-state index contributed by atoms with van der Waals surface area (Å²) in [6.07, 6.45) is -5.03. The van der Waals surface area contributed by atoms with Crippen molar-refractivity contribution in [3.05, 3.63) is 27.5 Å². The lowest BCUT2D eigenvalue weighted by molar-refractivity contribution is -0.137. The molecule has 0 radical (unpaired) electrons. The van der Waals surface area contributed by atoms with E-state index in [1.54, 1.807) is 0 Å². The zero-order valence-corrected chi connectivity index (χ0v) is 7.60. The molecule has 0 spiro atoms. The zero-order valence-electron chi connectivity index (χ0n) is 6.09. The monoisotopic (exact) mass is 251 g/mol. The Bertz CT molecular complexity index is 349. The summed E-state index contributed by atoms with van der Waals surface area (Å²) in [5.41, 5.74) is -1.76. The van der Waals surface area contributed by atoms with Crippen LogP contribution in [0.15, 0.2) is 0 Å². The number of rotatable bonds is 0. The van der Waals surface area contributed by atoms with Crippen LogP contribution in [0.5, 0.6) is 0 Å². The zero-order chi connectivity index (χ0) is 11.1. The highest BCUT2D eigenvalue weighted by molar-refractivity contribution is 6.36. The molecule has 1 heterocycles. The van der Waals surface area contributed by atoms with Crippen LogP contribution in [0.2, 0.25) is 10.0 Å². The second kappa shape index (κ2) is 3.51. The lowest BCUT2D eigenvalue weighted by Crippen LogP contribution is -2.10. The Balaban J connectivity index is 3.56. The van der Waals surface area contributed by atoms with Gasteiger partial charge < -0.3 is 0 Å². The molecule has 0 unspecified atom stereocenters. The lowest BCUT2D eigenvalue weighted by atomic mass is 10.2. The fourth-order valence-corrected chi connectivity index (χ4v) is 1.27. The van der Waals surface area contributed by atoms with E-state index in [-0.39, 0.29) is 0 Å². The third-order valence-electron chi connectivity index (χ3n) is 1.28. The molecule has 1 aromatic rings. The lowest BCUT2D eigenvalue weighted by Gasteiger charge is -2.10. The van der Waals surface area contributed by atoms with Gasteiger partial charge >= 0.3 is 6.18 Å². The van der Waals surface area contributed by atoms with Crippen molar-refractivity contribution < 1.29 is 22.0 Å². The van der Waals surface area contributed by atoms with Crippen molar-refractivity contribution in [1.82, 2.24) is 4.98 Å². The molecule has 0 amide bonds. The predicted molar refractivity (Wildman–Crippen MR) is 39.2 cm³/mol. The molecule has 0 N–H and O–H groups in total. The van der Waals surface area contributed by atoms with Gasteiger partial charge in [-0.15, -0.1) is 0 Å². The first-order chi connectivity index (χ1) is 6.25. The quantitative estimate of drug-likeness (QED) is 0.506. The average molecular weight is 252 g/mol. The molecule has 14 heavy (non-hydrogen) atoms. The molecule has 0 aliphatic heterocycles. The predicted octanol–water partition coefficient (Wildman–Crippen LogP) is 3.69. The van der Waals surface area contributed by atoms with Crippen molar-refractivity contribution in [1.29, 1.82) is 0 Å². The van der Waals surface area contributed by atoms with Gasteiger partial charge in [0.2, 0.25) is 11.9 Å². The number of halogens is 7. The molecule has 1 rings (SSSR count). The summed E-state index contributed by atoms with van der Waals surface area (Å²) < 4.78 is 61.4. The molecular weight excluding hydrogens is 252 g/mol. The van der Waals surface area contributed by atoms with E-state index in [1.165, 1.54) is 0 Å². The second-order valence-corrected chi connectivity index (χ2v) is 2.95. The van der Waals surface area contributed by atoms with E-state index < -0.39 is 33.7 Å². The summed E-state index contributed by atoms with van der Waals surface area (Å²) in [4.78, 5) is 2.45. The van der Waals surface area contributed by atoms with Crippen molar-refractivity contribution >= 4 is 23.2 Å². The van der Waals surface area contributed by atoms with Gasteiger partial charge in [-0.25, -0.2) is 0 Å². The van der Waals surface area contributed by atoms with Crippen LogP contribution in [0, 0.1) is 11.9 Å². The Kier molecular flexibility index (Phi) is 2.87. The van der Waals surface area contributed by atoms with E-state index in [1.807, 2.05) is 0 Å². The number of hydrogen-bond donors (Lipinski definition) is 0. The molecule has 0 aromatic carbocycles. The Morgan fingerprint density at radius 1 is 0.929 bits per heavy atom. The third kappa shape index (κ3) is 1.90. The highest BCUT2D eigenvalue weighted by atomic mass is 35.5. The van der Waals surface area contributed by atoms with Gasteiger partial charge in [-0.3, -0.25) is 0 Å². The minimum absolute atomic E-state index is 1.34. The molecule has 0 aliphatic rings. The Morgan fingerprint density at radius 3 is 1.57 bits per heavy atom. The van der Waals surface area contributed by atoms with Crippen molar-refractivity contribution in [3.63, 3.8) is 0 Å². The number of hydrogen-bond acceptors (Lipinski definition) is 1. The highest BCUT2D eigenvalue weighted by Crippen LogP contribution is 2.40. The molecule has 1 nitrogen and oxygen atoms in total. The van der Waals surface area contributed by atoms with Crippen LogP contribution < -0.4 is 0 Å². The maximum Gasteiger partial charge on any atom is 0.419 e. The SMILES string of the molecule is Fc1nc(F)c(Cl)c(C(F)(F)F)c1Cl. The van der Waals surface area contributed by atoms with Crippen LogP contribution in [-0.4, -0.2) is 4.98 Å². The minimum Gasteiger partial charge on any atom is -0.188 e. The first-order valence-electron chi connectivity index (χ1n) is 3.02. The molecule has 1 aromatic heterocycles. The number of aromatic nitrogens is 1. The number of pyridine rings is 1. The molecule has 8 heteroatoms. The van der Waals surface area contributed by atoms with Crippen molar-refractivity contribution in [3.8, 4) is 0 Å². The van der Waals surface area contributed by atoms with Crippen LogP contribution in [0.1, 0.15) is 5.56 Å². The second-order valence-electron chi connectivity index (χ2n) is 2.19. The van der Waals surface area contributed by atoms with E-state index in [0.717, 1.165) is 0 Å². The fraction of sp³-hybridized carbons (Fsp3) is 0.167. The van der Waals surface area contributed by atoms with Crippen molar-refractivity contribution in [2.24, 2.45) is 0 Å². The van der Waals surface area contributed by atoms with E-state index in [4.69, 9.17) is 23.2 Å². The summed E-state index contributed by atoms with van der Waals surface area (Å²) in [6, 6.07) is 0. The molecule has 0 fully saturated rings. The highest BCUT2D eigenvalue weighted by Gasteiger charge is 2.39. The first kappa shape index (κ1) is 11.5. The standard InChI is InChI=1S/C6Cl2F5N/c7-2-1(6(11,12)13)3(8)5(10)14-4(2)9. The van der Waals surface area contributed by atoms with Crippen molar-refractivity contribution in [2.75, 3.05) is 0 Å². The molecule has 0 saturated carbocycles. The number of nitrogens with zero attached hydrogens (tertiary/aromatic N) is 1. The van der Waals surface area contributed by atoms with Gasteiger partial charge in [0, 0.05) is 0 Å². The summed E-state index contributed by atoms with van der Waals surface area (Å²) in [5, 5.41) is -2.69. The van der Waals surface area contributed by atoms with Crippen LogP contribution >= 0.6 is 23.2 Å². The number of alkyl halides is 3. The molecule has 0 bridgehead atoms. The van der Waals surface area contributed by atoms with Gasteiger partial charge in [-0.2, -0.15) is 26.9 Å². The third-order valence-corrected chi connectivity index (χ3v) is 1.97. The Hall–Kier alpha value is -0.620. The van der Waals surface area contributed by atoms with E-state index in [0.29, 0.717) is 0 Å². The molecule has 0 aliphatic carbocycles.